The predicted molar refractivity (Wildman–Crippen MR) is 111 cm³/mol. The number of fused-ring (bicyclic) bond motifs is 1. The van der Waals surface area contributed by atoms with Crippen LogP contribution in [0.5, 0.6) is 0 Å². The lowest BCUT2D eigenvalue weighted by Crippen LogP contribution is -2.55. The van der Waals surface area contributed by atoms with Crippen molar-refractivity contribution >= 4 is 11.9 Å². The normalized spacial score (nSPS) is 20.6. The van der Waals surface area contributed by atoms with Crippen LogP contribution in [0, 0.1) is 6.92 Å². The number of likely N-dealkylation sites (tertiary alicyclic amines) is 1. The van der Waals surface area contributed by atoms with Crippen LogP contribution in [0.25, 0.3) is 0 Å². The fraction of sp³-hybridized carbons (Fsp3) is 0.650. The van der Waals surface area contributed by atoms with Gasteiger partial charge in [-0.3, -0.25) is 9.48 Å². The fourth-order valence-corrected chi connectivity index (χ4v) is 4.31. The zero-order valence-electron chi connectivity index (χ0n) is 18.6. The minimum atomic E-state index is -0.479. The van der Waals surface area contributed by atoms with Gasteiger partial charge in [0.05, 0.1) is 43.7 Å². The molecule has 1 N–H and O–H groups in total. The van der Waals surface area contributed by atoms with Gasteiger partial charge in [-0.25, -0.2) is 9.48 Å². The first kappa shape index (κ1) is 21.3. The van der Waals surface area contributed by atoms with Gasteiger partial charge in [0, 0.05) is 32.9 Å². The zero-order valence-corrected chi connectivity index (χ0v) is 18.6. The third-order valence-corrected chi connectivity index (χ3v) is 6.14. The Kier molecular flexibility index (Phi) is 5.69. The Hall–Kier alpha value is -2.95. The SMILES string of the molecule is CCn1ncc(C(=O)N2CCCC3(C2)Cn2nnc(CNC(=O)N(C)C)c2CO3)c1C. The molecule has 3 amide bonds. The number of piperidine rings is 1. The smallest absolute Gasteiger partial charge is 0.317 e. The number of amides is 3. The van der Waals surface area contributed by atoms with Crippen LogP contribution >= 0.6 is 0 Å². The Morgan fingerprint density at radius 2 is 2.13 bits per heavy atom. The van der Waals surface area contributed by atoms with Crippen LogP contribution in [0.4, 0.5) is 4.79 Å². The standard InChI is InChI=1S/C20H30N8O3/c1-5-27-14(2)15(9-22-27)18(29)26-8-6-7-20(12-26)13-28-17(11-31-20)16(23-24-28)10-21-19(30)25(3)4/h9H,5-8,10-13H2,1-4H3,(H,21,30). The second-order valence-corrected chi connectivity index (χ2v) is 8.45. The van der Waals surface area contributed by atoms with E-state index in [0.717, 1.165) is 30.8 Å². The molecule has 2 aliphatic heterocycles. The number of aryl methyl sites for hydroxylation is 1. The van der Waals surface area contributed by atoms with Crippen LogP contribution in [0.2, 0.25) is 0 Å². The first-order valence-corrected chi connectivity index (χ1v) is 10.7. The van der Waals surface area contributed by atoms with Gasteiger partial charge in [0.1, 0.15) is 11.3 Å². The second kappa shape index (κ2) is 8.29. The number of nitrogens with one attached hydrogen (secondary N) is 1. The molecule has 0 aromatic carbocycles. The molecule has 2 aliphatic rings. The number of hydrogen-bond acceptors (Lipinski definition) is 6. The molecule has 168 valence electrons. The Bertz CT molecular complexity index is 981. The molecule has 1 spiro atoms. The van der Waals surface area contributed by atoms with E-state index in [0.29, 0.717) is 44.0 Å². The van der Waals surface area contributed by atoms with E-state index in [2.05, 4.69) is 20.7 Å². The first-order chi connectivity index (χ1) is 14.8. The van der Waals surface area contributed by atoms with Crippen molar-refractivity contribution in [3.8, 4) is 0 Å². The van der Waals surface area contributed by atoms with E-state index in [1.807, 2.05) is 28.1 Å². The van der Waals surface area contributed by atoms with Gasteiger partial charge in [-0.1, -0.05) is 5.21 Å². The summed E-state index contributed by atoms with van der Waals surface area (Å²) in [7, 11) is 3.38. The van der Waals surface area contributed by atoms with Gasteiger partial charge in [-0.15, -0.1) is 5.10 Å². The Morgan fingerprint density at radius 1 is 1.32 bits per heavy atom. The molecule has 1 fully saturated rings. The van der Waals surface area contributed by atoms with Crippen molar-refractivity contribution in [1.82, 2.24) is 39.9 Å². The Morgan fingerprint density at radius 3 is 2.84 bits per heavy atom. The lowest BCUT2D eigenvalue weighted by molar-refractivity contribution is -0.122. The second-order valence-electron chi connectivity index (χ2n) is 8.45. The number of ether oxygens (including phenoxy) is 1. The van der Waals surface area contributed by atoms with Gasteiger partial charge in [-0.05, 0) is 26.7 Å². The highest BCUT2D eigenvalue weighted by atomic mass is 16.5. The van der Waals surface area contributed by atoms with E-state index in [4.69, 9.17) is 4.74 Å². The number of hydrogen-bond donors (Lipinski definition) is 1. The van der Waals surface area contributed by atoms with E-state index in [-0.39, 0.29) is 11.9 Å². The largest absolute Gasteiger partial charge is 0.365 e. The number of rotatable bonds is 4. The molecule has 1 atom stereocenters. The third-order valence-electron chi connectivity index (χ3n) is 6.14. The molecule has 1 saturated heterocycles. The first-order valence-electron chi connectivity index (χ1n) is 10.7. The Balaban J connectivity index is 1.46. The molecule has 11 heteroatoms. The maximum absolute atomic E-state index is 13.2. The Labute approximate surface area is 181 Å². The average molecular weight is 431 g/mol. The third kappa shape index (κ3) is 4.01. The summed E-state index contributed by atoms with van der Waals surface area (Å²) >= 11 is 0. The van der Waals surface area contributed by atoms with Gasteiger partial charge in [0.15, 0.2) is 0 Å². The number of aromatic nitrogens is 5. The van der Waals surface area contributed by atoms with Gasteiger partial charge in [0.2, 0.25) is 0 Å². The van der Waals surface area contributed by atoms with Crippen molar-refractivity contribution in [2.45, 2.75) is 58.5 Å². The number of nitrogens with zero attached hydrogens (tertiary/aromatic N) is 7. The minimum absolute atomic E-state index is 0.00338. The predicted octanol–water partition coefficient (Wildman–Crippen LogP) is 0.779. The molecule has 4 heterocycles. The van der Waals surface area contributed by atoms with Crippen LogP contribution in [0.1, 0.15) is 47.2 Å². The molecule has 0 aliphatic carbocycles. The molecule has 0 bridgehead atoms. The molecule has 0 radical (unpaired) electrons. The maximum Gasteiger partial charge on any atom is 0.317 e. The summed E-state index contributed by atoms with van der Waals surface area (Å²) in [5.41, 5.74) is 2.63. The molecule has 1 unspecified atom stereocenters. The van der Waals surface area contributed by atoms with Crippen molar-refractivity contribution in [1.29, 1.82) is 0 Å². The highest BCUT2D eigenvalue weighted by molar-refractivity contribution is 5.95. The maximum atomic E-state index is 13.2. The minimum Gasteiger partial charge on any atom is -0.365 e. The number of carbonyl (C=O) groups excluding carboxylic acids is 2. The summed E-state index contributed by atoms with van der Waals surface area (Å²) in [4.78, 5) is 28.3. The summed E-state index contributed by atoms with van der Waals surface area (Å²) in [6.07, 6.45) is 3.38. The molecule has 11 nitrogen and oxygen atoms in total. The van der Waals surface area contributed by atoms with E-state index < -0.39 is 5.60 Å². The number of carbonyl (C=O) groups is 2. The van der Waals surface area contributed by atoms with Crippen LogP contribution < -0.4 is 5.32 Å². The van der Waals surface area contributed by atoms with Crippen molar-refractivity contribution in [2.75, 3.05) is 27.2 Å². The quantitative estimate of drug-likeness (QED) is 0.768. The number of urea groups is 1. The zero-order chi connectivity index (χ0) is 22.2. The summed E-state index contributed by atoms with van der Waals surface area (Å²) in [6, 6.07) is -0.182. The monoisotopic (exact) mass is 430 g/mol. The van der Waals surface area contributed by atoms with Crippen molar-refractivity contribution in [3.63, 3.8) is 0 Å². The lowest BCUT2D eigenvalue weighted by atomic mass is 9.90. The van der Waals surface area contributed by atoms with E-state index >= 15 is 0 Å². The van der Waals surface area contributed by atoms with Crippen molar-refractivity contribution in [3.05, 3.63) is 28.8 Å². The lowest BCUT2D eigenvalue weighted by Gasteiger charge is -2.44. The van der Waals surface area contributed by atoms with E-state index in [1.54, 1.807) is 20.3 Å². The van der Waals surface area contributed by atoms with Crippen molar-refractivity contribution in [2.24, 2.45) is 0 Å². The topological polar surface area (TPSA) is 110 Å². The molecule has 2 aromatic rings. The van der Waals surface area contributed by atoms with Gasteiger partial charge in [-0.2, -0.15) is 5.10 Å². The van der Waals surface area contributed by atoms with Gasteiger partial charge in [0.25, 0.3) is 5.91 Å². The highest BCUT2D eigenvalue weighted by Gasteiger charge is 2.43. The summed E-state index contributed by atoms with van der Waals surface area (Å²) in [5, 5.41) is 15.7. The van der Waals surface area contributed by atoms with Crippen LogP contribution in [-0.4, -0.2) is 79.3 Å². The summed E-state index contributed by atoms with van der Waals surface area (Å²) in [6.45, 7) is 7.07. The van der Waals surface area contributed by atoms with Crippen LogP contribution in [0.15, 0.2) is 6.20 Å². The molecule has 4 rings (SSSR count). The summed E-state index contributed by atoms with van der Waals surface area (Å²) < 4.78 is 10.0. The molecule has 2 aromatic heterocycles. The molecule has 31 heavy (non-hydrogen) atoms. The van der Waals surface area contributed by atoms with Crippen LogP contribution in [0.3, 0.4) is 0 Å². The molecule has 0 saturated carbocycles. The van der Waals surface area contributed by atoms with E-state index in [1.165, 1.54) is 4.90 Å². The van der Waals surface area contributed by atoms with Gasteiger partial charge < -0.3 is 19.9 Å². The summed E-state index contributed by atoms with van der Waals surface area (Å²) in [5.74, 6) is -0.00338. The fourth-order valence-electron chi connectivity index (χ4n) is 4.31. The van der Waals surface area contributed by atoms with Crippen molar-refractivity contribution < 1.29 is 14.3 Å². The highest BCUT2D eigenvalue weighted by Crippen LogP contribution is 2.33. The molecular formula is C20H30N8O3. The van der Waals surface area contributed by atoms with Crippen LogP contribution in [-0.2, 0) is 31.0 Å². The van der Waals surface area contributed by atoms with E-state index in [9.17, 15) is 9.59 Å². The van der Waals surface area contributed by atoms with Gasteiger partial charge >= 0.3 is 6.03 Å². The average Bonchev–Trinajstić information content (AvgIpc) is 3.33. The molecular weight excluding hydrogens is 400 g/mol.